The molecule has 1 atom stereocenters. The van der Waals surface area contributed by atoms with Gasteiger partial charge in [0.05, 0.1) is 6.04 Å². The van der Waals surface area contributed by atoms with Crippen LogP contribution in [0.15, 0.2) is 59.5 Å². The van der Waals surface area contributed by atoms with Gasteiger partial charge < -0.3 is 5.32 Å². The van der Waals surface area contributed by atoms with Crippen LogP contribution in [0.1, 0.15) is 22.8 Å². The number of nitrogens with one attached hydrogen (secondary N) is 1. The Balaban J connectivity index is 1.94. The number of carbonyl (C=O) groups is 1. The Morgan fingerprint density at radius 2 is 1.75 bits per heavy atom. The minimum atomic E-state index is -0.185. The van der Waals surface area contributed by atoms with Crippen molar-refractivity contribution in [3.63, 3.8) is 0 Å². The number of hydrogen-bond acceptors (Lipinski definition) is 3. The maximum Gasteiger partial charge on any atom is 0.179 e. The predicted molar refractivity (Wildman–Crippen MR) is 85.3 cm³/mol. The molecule has 2 aromatic carbocycles. The molecular formula is C17H19NOS. The van der Waals surface area contributed by atoms with Crippen molar-refractivity contribution in [3.05, 3.63) is 65.7 Å². The molecule has 2 nitrogen and oxygen atoms in total. The third-order valence-electron chi connectivity index (χ3n) is 3.22. The van der Waals surface area contributed by atoms with E-state index in [9.17, 15) is 4.79 Å². The first-order valence-corrected chi connectivity index (χ1v) is 7.89. The first-order valence-electron chi connectivity index (χ1n) is 6.66. The number of hydrogen-bond donors (Lipinski definition) is 1. The Kier molecular flexibility index (Phi) is 5.39. The minimum absolute atomic E-state index is 0.133. The summed E-state index contributed by atoms with van der Waals surface area (Å²) in [5.41, 5.74) is 1.95. The molecule has 1 N–H and O–H groups in total. The zero-order chi connectivity index (χ0) is 14.4. The van der Waals surface area contributed by atoms with Gasteiger partial charge in [-0.25, -0.2) is 0 Å². The molecular weight excluding hydrogens is 266 g/mol. The Bertz CT molecular complexity index is 551. The molecule has 3 heteroatoms. The van der Waals surface area contributed by atoms with Gasteiger partial charge in [-0.3, -0.25) is 4.79 Å². The summed E-state index contributed by atoms with van der Waals surface area (Å²) in [4.78, 5) is 13.5. The standard InChI is InChI=1S/C17H19NOS/c1-13(18-12-14-6-4-3-5-7-14)17(19)15-8-10-16(20-2)11-9-15/h3-11,13,18H,12H2,1-2H3. The lowest BCUT2D eigenvalue weighted by molar-refractivity contribution is 0.0950. The van der Waals surface area contributed by atoms with Gasteiger partial charge in [0, 0.05) is 17.0 Å². The van der Waals surface area contributed by atoms with Crippen LogP contribution < -0.4 is 5.32 Å². The van der Waals surface area contributed by atoms with Crippen LogP contribution in [0, 0.1) is 0 Å². The Labute approximate surface area is 124 Å². The van der Waals surface area contributed by atoms with E-state index in [0.29, 0.717) is 6.54 Å². The second kappa shape index (κ2) is 7.27. The third-order valence-corrected chi connectivity index (χ3v) is 3.97. The van der Waals surface area contributed by atoms with Crippen LogP contribution in [0.25, 0.3) is 0 Å². The van der Waals surface area contributed by atoms with Crippen LogP contribution >= 0.6 is 11.8 Å². The molecule has 0 saturated carbocycles. The van der Waals surface area contributed by atoms with Gasteiger partial charge in [0.25, 0.3) is 0 Å². The fraction of sp³-hybridized carbons (Fsp3) is 0.235. The predicted octanol–water partition coefficient (Wildman–Crippen LogP) is 3.77. The van der Waals surface area contributed by atoms with Crippen LogP contribution in [-0.2, 0) is 6.54 Å². The van der Waals surface area contributed by atoms with Gasteiger partial charge in [-0.2, -0.15) is 0 Å². The minimum Gasteiger partial charge on any atom is -0.303 e. The van der Waals surface area contributed by atoms with E-state index >= 15 is 0 Å². The maximum absolute atomic E-state index is 12.3. The molecule has 0 radical (unpaired) electrons. The summed E-state index contributed by atoms with van der Waals surface area (Å²) in [5, 5.41) is 3.27. The summed E-state index contributed by atoms with van der Waals surface area (Å²) >= 11 is 1.68. The average Bonchev–Trinajstić information content (AvgIpc) is 2.53. The van der Waals surface area contributed by atoms with Crippen molar-refractivity contribution in [3.8, 4) is 0 Å². The van der Waals surface area contributed by atoms with Gasteiger partial charge in [0.2, 0.25) is 0 Å². The Morgan fingerprint density at radius 1 is 1.10 bits per heavy atom. The zero-order valence-corrected chi connectivity index (χ0v) is 12.6. The number of thioether (sulfide) groups is 1. The molecule has 104 valence electrons. The number of Topliss-reactive ketones (excluding diaryl/α,β-unsaturated/α-hetero) is 1. The maximum atomic E-state index is 12.3. The smallest absolute Gasteiger partial charge is 0.179 e. The highest BCUT2D eigenvalue weighted by Gasteiger charge is 2.14. The van der Waals surface area contributed by atoms with Crippen molar-refractivity contribution >= 4 is 17.5 Å². The number of carbonyl (C=O) groups excluding carboxylic acids is 1. The quantitative estimate of drug-likeness (QED) is 0.647. The topological polar surface area (TPSA) is 29.1 Å². The molecule has 0 spiro atoms. The first-order chi connectivity index (χ1) is 9.70. The molecule has 20 heavy (non-hydrogen) atoms. The molecule has 0 aliphatic heterocycles. The summed E-state index contributed by atoms with van der Waals surface area (Å²) in [7, 11) is 0. The van der Waals surface area contributed by atoms with Gasteiger partial charge in [-0.15, -0.1) is 11.8 Å². The molecule has 0 aliphatic carbocycles. The Hall–Kier alpha value is -1.58. The van der Waals surface area contributed by atoms with Crippen molar-refractivity contribution < 1.29 is 4.79 Å². The van der Waals surface area contributed by atoms with Gasteiger partial charge >= 0.3 is 0 Å². The molecule has 0 saturated heterocycles. The van der Waals surface area contributed by atoms with Crippen LogP contribution in [0.2, 0.25) is 0 Å². The second-order valence-corrected chi connectivity index (χ2v) is 5.56. The third kappa shape index (κ3) is 3.95. The van der Waals surface area contributed by atoms with Crippen LogP contribution in [0.4, 0.5) is 0 Å². The normalized spacial score (nSPS) is 12.1. The van der Waals surface area contributed by atoms with E-state index in [1.54, 1.807) is 11.8 Å². The molecule has 0 aromatic heterocycles. The molecule has 1 unspecified atom stereocenters. The van der Waals surface area contributed by atoms with Crippen molar-refractivity contribution in [2.45, 2.75) is 24.4 Å². The van der Waals surface area contributed by atoms with E-state index in [1.807, 2.05) is 55.6 Å². The number of rotatable bonds is 6. The molecule has 0 amide bonds. The summed E-state index contributed by atoms with van der Waals surface area (Å²) in [6, 6.07) is 17.7. The Morgan fingerprint density at radius 3 is 2.35 bits per heavy atom. The monoisotopic (exact) mass is 285 g/mol. The lowest BCUT2D eigenvalue weighted by atomic mass is 10.1. The van der Waals surface area contributed by atoms with E-state index < -0.39 is 0 Å². The lowest BCUT2D eigenvalue weighted by Crippen LogP contribution is -2.33. The molecule has 0 heterocycles. The average molecular weight is 285 g/mol. The largest absolute Gasteiger partial charge is 0.303 e. The highest BCUT2D eigenvalue weighted by Crippen LogP contribution is 2.15. The SMILES string of the molecule is CSc1ccc(C(=O)C(C)NCc2ccccc2)cc1. The fourth-order valence-electron chi connectivity index (χ4n) is 1.96. The lowest BCUT2D eigenvalue weighted by Gasteiger charge is -2.13. The highest BCUT2D eigenvalue weighted by molar-refractivity contribution is 7.98. The molecule has 2 rings (SSSR count). The van der Waals surface area contributed by atoms with Gasteiger partial charge in [-0.05, 0) is 30.9 Å². The van der Waals surface area contributed by atoms with Crippen LogP contribution in [-0.4, -0.2) is 18.1 Å². The highest BCUT2D eigenvalue weighted by atomic mass is 32.2. The fourth-order valence-corrected chi connectivity index (χ4v) is 2.37. The van der Waals surface area contributed by atoms with Crippen molar-refractivity contribution in [2.24, 2.45) is 0 Å². The van der Waals surface area contributed by atoms with Crippen LogP contribution in [0.5, 0.6) is 0 Å². The van der Waals surface area contributed by atoms with Gasteiger partial charge in [0.1, 0.15) is 0 Å². The summed E-state index contributed by atoms with van der Waals surface area (Å²) in [5.74, 6) is 0.133. The van der Waals surface area contributed by atoms with Gasteiger partial charge in [0.15, 0.2) is 5.78 Å². The van der Waals surface area contributed by atoms with Crippen molar-refractivity contribution in [1.29, 1.82) is 0 Å². The van der Waals surface area contributed by atoms with Gasteiger partial charge in [-0.1, -0.05) is 42.5 Å². The summed E-state index contributed by atoms with van der Waals surface area (Å²) < 4.78 is 0. The van der Waals surface area contributed by atoms with Crippen LogP contribution in [0.3, 0.4) is 0 Å². The van der Waals surface area contributed by atoms with E-state index in [4.69, 9.17) is 0 Å². The van der Waals surface area contributed by atoms with E-state index in [0.717, 1.165) is 5.56 Å². The van der Waals surface area contributed by atoms with Crippen molar-refractivity contribution in [1.82, 2.24) is 5.32 Å². The number of benzene rings is 2. The second-order valence-electron chi connectivity index (χ2n) is 4.68. The molecule has 2 aromatic rings. The van der Waals surface area contributed by atoms with E-state index in [2.05, 4.69) is 17.4 Å². The summed E-state index contributed by atoms with van der Waals surface area (Å²) in [6.07, 6.45) is 2.03. The van der Waals surface area contributed by atoms with Crippen molar-refractivity contribution in [2.75, 3.05) is 6.26 Å². The molecule has 0 bridgehead atoms. The molecule has 0 fully saturated rings. The zero-order valence-electron chi connectivity index (χ0n) is 11.8. The summed E-state index contributed by atoms with van der Waals surface area (Å²) in [6.45, 7) is 2.62. The van der Waals surface area contributed by atoms with E-state index in [1.165, 1.54) is 10.5 Å². The molecule has 0 aliphatic rings. The van der Waals surface area contributed by atoms with E-state index in [-0.39, 0.29) is 11.8 Å². The number of ketones is 1. The first kappa shape index (κ1) is 14.8.